The number of piperidine rings is 1. The van der Waals surface area contributed by atoms with Crippen molar-refractivity contribution in [3.05, 3.63) is 0 Å². The van der Waals surface area contributed by atoms with Crippen LogP contribution in [0.5, 0.6) is 0 Å². The number of carbonyl (C=O) groups excluding carboxylic acids is 1. The lowest BCUT2D eigenvalue weighted by atomic mass is 9.79. The molecule has 1 aliphatic heterocycles. The highest BCUT2D eigenvalue weighted by molar-refractivity contribution is 5.85. The smallest absolute Gasteiger partial charge is 0.239 e. The summed E-state index contributed by atoms with van der Waals surface area (Å²) in [5.74, 6) is -0.0283. The fourth-order valence-corrected chi connectivity index (χ4v) is 3.66. The number of hydrogen-bond donors (Lipinski definition) is 2. The summed E-state index contributed by atoms with van der Waals surface area (Å²) in [6, 6.07) is 0. The van der Waals surface area contributed by atoms with E-state index in [1.54, 1.807) is 13.8 Å². The first kappa shape index (κ1) is 18.7. The molecule has 1 saturated heterocycles. The third-order valence-electron chi connectivity index (χ3n) is 4.97. The topological polar surface area (TPSA) is 58.4 Å². The Hall–Kier alpha value is -0.320. The molecule has 124 valence electrons. The van der Waals surface area contributed by atoms with Crippen LogP contribution >= 0.6 is 12.4 Å². The number of amides is 1. The molecule has 1 aliphatic carbocycles. The highest BCUT2D eigenvalue weighted by atomic mass is 35.5. The number of nitrogens with zero attached hydrogens (tertiary/aromatic N) is 1. The number of rotatable bonds is 4. The van der Waals surface area contributed by atoms with E-state index in [0.717, 1.165) is 6.54 Å². The van der Waals surface area contributed by atoms with Crippen molar-refractivity contribution in [2.45, 2.75) is 76.3 Å². The summed E-state index contributed by atoms with van der Waals surface area (Å²) < 4.78 is 0. The molecule has 0 aromatic rings. The van der Waals surface area contributed by atoms with Gasteiger partial charge < -0.3 is 11.1 Å². The first-order chi connectivity index (χ1) is 9.44. The molecule has 2 rings (SSSR count). The molecule has 0 aromatic carbocycles. The van der Waals surface area contributed by atoms with Gasteiger partial charge in [0.25, 0.3) is 0 Å². The molecule has 1 amide bonds. The van der Waals surface area contributed by atoms with Crippen LogP contribution in [0.1, 0.15) is 65.2 Å². The second-order valence-electron chi connectivity index (χ2n) is 7.24. The molecular formula is C16H32ClN3O. The van der Waals surface area contributed by atoms with Crippen LogP contribution < -0.4 is 11.1 Å². The SMILES string of the molecule is CC(C)(N)C(=O)NCC1(N2CCCCC2)CCCCC1.Cl. The summed E-state index contributed by atoms with van der Waals surface area (Å²) in [6.45, 7) is 6.71. The summed E-state index contributed by atoms with van der Waals surface area (Å²) in [6.07, 6.45) is 10.3. The molecule has 0 aromatic heterocycles. The van der Waals surface area contributed by atoms with E-state index in [9.17, 15) is 4.79 Å². The summed E-state index contributed by atoms with van der Waals surface area (Å²) in [7, 11) is 0. The van der Waals surface area contributed by atoms with Crippen LogP contribution in [0.3, 0.4) is 0 Å². The summed E-state index contributed by atoms with van der Waals surface area (Å²) >= 11 is 0. The monoisotopic (exact) mass is 317 g/mol. The number of nitrogens with one attached hydrogen (secondary N) is 1. The lowest BCUT2D eigenvalue weighted by Crippen LogP contribution is -2.60. The van der Waals surface area contributed by atoms with Crippen molar-refractivity contribution in [1.82, 2.24) is 10.2 Å². The predicted molar refractivity (Wildman–Crippen MR) is 89.8 cm³/mol. The molecule has 0 atom stereocenters. The third-order valence-corrected chi connectivity index (χ3v) is 4.97. The van der Waals surface area contributed by atoms with Crippen molar-refractivity contribution in [1.29, 1.82) is 0 Å². The molecule has 0 unspecified atom stereocenters. The second kappa shape index (κ2) is 7.80. The molecule has 1 saturated carbocycles. The predicted octanol–water partition coefficient (Wildman–Crippen LogP) is 2.45. The lowest BCUT2D eigenvalue weighted by molar-refractivity contribution is -0.126. The first-order valence-corrected chi connectivity index (χ1v) is 8.26. The maximum absolute atomic E-state index is 12.1. The number of carbonyl (C=O) groups is 1. The van der Waals surface area contributed by atoms with Crippen LogP contribution in [0.15, 0.2) is 0 Å². The minimum atomic E-state index is -0.780. The van der Waals surface area contributed by atoms with Gasteiger partial charge in [0.15, 0.2) is 0 Å². The zero-order valence-corrected chi connectivity index (χ0v) is 14.4. The van der Waals surface area contributed by atoms with Gasteiger partial charge in [-0.25, -0.2) is 0 Å². The molecule has 5 heteroatoms. The Morgan fingerprint density at radius 2 is 1.62 bits per heavy atom. The molecule has 3 N–H and O–H groups in total. The van der Waals surface area contributed by atoms with Crippen LogP contribution in [0.25, 0.3) is 0 Å². The minimum Gasteiger partial charge on any atom is -0.353 e. The fraction of sp³-hybridized carbons (Fsp3) is 0.938. The Morgan fingerprint density at radius 3 is 2.14 bits per heavy atom. The highest BCUT2D eigenvalue weighted by Gasteiger charge is 2.39. The van der Waals surface area contributed by atoms with Gasteiger partial charge in [-0.2, -0.15) is 0 Å². The normalized spacial score (nSPS) is 23.2. The standard InChI is InChI=1S/C16H31N3O.ClH/c1-15(2,17)14(20)18-13-16(9-5-3-6-10-16)19-11-7-4-8-12-19;/h3-13,17H2,1-2H3,(H,18,20);1H. The van der Waals surface area contributed by atoms with Gasteiger partial charge in [-0.15, -0.1) is 12.4 Å². The number of nitrogens with two attached hydrogens (primary N) is 1. The Morgan fingerprint density at radius 1 is 1.10 bits per heavy atom. The zero-order chi connectivity index (χ0) is 14.6. The summed E-state index contributed by atoms with van der Waals surface area (Å²) in [5, 5.41) is 3.12. The van der Waals surface area contributed by atoms with Crippen molar-refractivity contribution in [3.63, 3.8) is 0 Å². The molecule has 2 aliphatic rings. The quantitative estimate of drug-likeness (QED) is 0.837. The van der Waals surface area contributed by atoms with Gasteiger partial charge in [0, 0.05) is 12.1 Å². The van der Waals surface area contributed by atoms with Gasteiger partial charge in [-0.1, -0.05) is 25.7 Å². The largest absolute Gasteiger partial charge is 0.353 e. The van der Waals surface area contributed by atoms with Crippen molar-refractivity contribution in [3.8, 4) is 0 Å². The minimum absolute atomic E-state index is 0. The molecule has 0 radical (unpaired) electrons. The van der Waals surface area contributed by atoms with Crippen LogP contribution in [0.2, 0.25) is 0 Å². The van der Waals surface area contributed by atoms with Crippen LogP contribution in [0.4, 0.5) is 0 Å². The number of hydrogen-bond acceptors (Lipinski definition) is 3. The first-order valence-electron chi connectivity index (χ1n) is 8.26. The average Bonchev–Trinajstić information content (AvgIpc) is 2.45. The van der Waals surface area contributed by atoms with Gasteiger partial charge in [0.05, 0.1) is 5.54 Å². The van der Waals surface area contributed by atoms with Gasteiger partial charge in [0.1, 0.15) is 0 Å². The molecule has 0 bridgehead atoms. The Bertz CT molecular complexity index is 329. The van der Waals surface area contributed by atoms with E-state index in [2.05, 4.69) is 10.2 Å². The maximum atomic E-state index is 12.1. The zero-order valence-electron chi connectivity index (χ0n) is 13.6. The second-order valence-corrected chi connectivity index (χ2v) is 7.24. The number of likely N-dealkylation sites (tertiary alicyclic amines) is 1. The van der Waals surface area contributed by atoms with Crippen molar-refractivity contribution >= 4 is 18.3 Å². The average molecular weight is 318 g/mol. The Kier molecular flexibility index (Phi) is 6.95. The Labute approximate surface area is 135 Å². The van der Waals surface area contributed by atoms with Gasteiger partial charge >= 0.3 is 0 Å². The van der Waals surface area contributed by atoms with Gasteiger partial charge in [-0.3, -0.25) is 9.69 Å². The molecule has 4 nitrogen and oxygen atoms in total. The van der Waals surface area contributed by atoms with E-state index in [-0.39, 0.29) is 23.9 Å². The van der Waals surface area contributed by atoms with Crippen LogP contribution in [-0.4, -0.2) is 41.5 Å². The maximum Gasteiger partial charge on any atom is 0.239 e. The van der Waals surface area contributed by atoms with E-state index in [1.807, 2.05) is 0 Å². The van der Waals surface area contributed by atoms with Crippen LogP contribution in [-0.2, 0) is 4.79 Å². The molecular weight excluding hydrogens is 286 g/mol. The van der Waals surface area contributed by atoms with Gasteiger partial charge in [-0.05, 0) is 52.6 Å². The molecule has 1 heterocycles. The highest BCUT2D eigenvalue weighted by Crippen LogP contribution is 2.35. The van der Waals surface area contributed by atoms with E-state index >= 15 is 0 Å². The van der Waals surface area contributed by atoms with Crippen molar-refractivity contribution in [2.24, 2.45) is 5.73 Å². The fourth-order valence-electron chi connectivity index (χ4n) is 3.66. The third kappa shape index (κ3) is 4.83. The summed E-state index contributed by atoms with van der Waals surface area (Å²) in [5.41, 5.74) is 5.30. The molecule has 2 fully saturated rings. The summed E-state index contributed by atoms with van der Waals surface area (Å²) in [4.78, 5) is 14.7. The Balaban J connectivity index is 0.00000220. The van der Waals surface area contributed by atoms with E-state index in [4.69, 9.17) is 5.73 Å². The van der Waals surface area contributed by atoms with Crippen molar-refractivity contribution < 1.29 is 4.79 Å². The lowest BCUT2D eigenvalue weighted by Gasteiger charge is -2.48. The number of halogens is 1. The van der Waals surface area contributed by atoms with E-state index in [1.165, 1.54) is 64.5 Å². The van der Waals surface area contributed by atoms with Gasteiger partial charge in [0.2, 0.25) is 5.91 Å². The van der Waals surface area contributed by atoms with Crippen molar-refractivity contribution in [2.75, 3.05) is 19.6 Å². The molecule has 21 heavy (non-hydrogen) atoms. The van der Waals surface area contributed by atoms with E-state index in [0.29, 0.717) is 0 Å². The molecule has 0 spiro atoms. The van der Waals surface area contributed by atoms with Crippen LogP contribution in [0, 0.1) is 0 Å². The van der Waals surface area contributed by atoms with E-state index < -0.39 is 5.54 Å².